The summed E-state index contributed by atoms with van der Waals surface area (Å²) in [4.78, 5) is 42.0. The first-order valence-corrected chi connectivity index (χ1v) is 15.6. The molecule has 10 nitrogen and oxygen atoms in total. The molecule has 3 rings (SSSR count). The van der Waals surface area contributed by atoms with Crippen molar-refractivity contribution in [3.05, 3.63) is 58.6 Å². The third-order valence-corrected chi connectivity index (χ3v) is 8.03. The smallest absolute Gasteiger partial charge is 0.336 e. The summed E-state index contributed by atoms with van der Waals surface area (Å²) in [5.74, 6) is -3.30. The number of aryl methyl sites for hydroxylation is 3. The molecule has 0 aliphatic rings. The molecule has 1 heterocycles. The molecule has 0 bridgehead atoms. The van der Waals surface area contributed by atoms with Crippen LogP contribution in [0.5, 0.6) is 0 Å². The van der Waals surface area contributed by atoms with E-state index in [1.807, 2.05) is 17.6 Å². The van der Waals surface area contributed by atoms with Gasteiger partial charge in [-0.2, -0.15) is 0 Å². The highest BCUT2D eigenvalue weighted by atomic mass is 32.1. The summed E-state index contributed by atoms with van der Waals surface area (Å²) in [6.07, 6.45) is 2.63. The Bertz CT molecular complexity index is 1350. The van der Waals surface area contributed by atoms with Crippen molar-refractivity contribution in [2.45, 2.75) is 71.0 Å². The van der Waals surface area contributed by atoms with Crippen LogP contribution in [-0.4, -0.2) is 83.5 Å². The van der Waals surface area contributed by atoms with Crippen molar-refractivity contribution in [1.29, 1.82) is 0 Å². The van der Waals surface area contributed by atoms with Crippen LogP contribution in [0.25, 0.3) is 10.2 Å². The number of carbonyl (C=O) groups excluding carboxylic acids is 1. The van der Waals surface area contributed by atoms with Gasteiger partial charge in [0.2, 0.25) is 0 Å². The van der Waals surface area contributed by atoms with Gasteiger partial charge in [-0.1, -0.05) is 30.2 Å². The van der Waals surface area contributed by atoms with Crippen molar-refractivity contribution in [3.8, 4) is 0 Å². The van der Waals surface area contributed by atoms with Gasteiger partial charge in [-0.05, 0) is 81.7 Å². The van der Waals surface area contributed by atoms with Gasteiger partial charge < -0.3 is 29.9 Å². The number of carboxylic acids is 2. The lowest BCUT2D eigenvalue weighted by Gasteiger charge is -2.27. The molecular formula is C32H43N3O7S. The van der Waals surface area contributed by atoms with Crippen LogP contribution in [0.2, 0.25) is 0 Å². The predicted octanol–water partition coefficient (Wildman–Crippen LogP) is 5.31. The molecule has 0 unspecified atom stereocenters. The fraction of sp³-hybridized carbons (Fsp3) is 0.500. The Morgan fingerprint density at radius 1 is 0.953 bits per heavy atom. The maximum absolute atomic E-state index is 13.3. The number of carboxylic acid groups (broad SMARTS) is 2. The maximum Gasteiger partial charge on any atom is 0.336 e. The molecule has 1 aromatic heterocycles. The summed E-state index contributed by atoms with van der Waals surface area (Å²) >= 11 is 1.60. The van der Waals surface area contributed by atoms with Crippen molar-refractivity contribution >= 4 is 45.1 Å². The number of benzene rings is 2. The Kier molecular flexibility index (Phi) is 13.9. The Labute approximate surface area is 257 Å². The van der Waals surface area contributed by atoms with E-state index in [1.165, 1.54) is 21.6 Å². The normalized spacial score (nSPS) is 12.6. The van der Waals surface area contributed by atoms with Gasteiger partial charge in [-0.25, -0.2) is 14.6 Å². The number of carbonyl (C=O) groups is 3. The van der Waals surface area contributed by atoms with E-state index in [9.17, 15) is 19.5 Å². The Balaban J connectivity index is 1.44. The second-order valence-corrected chi connectivity index (χ2v) is 11.7. The average molecular weight is 614 g/mol. The zero-order chi connectivity index (χ0) is 31.2. The van der Waals surface area contributed by atoms with Gasteiger partial charge in [0.25, 0.3) is 5.91 Å². The number of anilines is 1. The number of thiazole rings is 1. The summed E-state index contributed by atoms with van der Waals surface area (Å²) in [6.45, 7) is 4.68. The van der Waals surface area contributed by atoms with Crippen LogP contribution < -0.4 is 5.32 Å². The standard InChI is InChI=1S/C32H43N3O7S/c1-22-11-12-24(23(2)18-22)10-6-4-9-17-41-29(30(32(39)40)42-20-28(36)37)31(38)35(3)16-8-5-7-15-33-25-13-14-26-27(19-25)43-21-34-26/h11-14,18-19,21,29-30,33H,4-10,15-17,20H2,1-3H3,(H,36,37)(H,39,40)/t29-,30-/m1/s1. The van der Waals surface area contributed by atoms with E-state index in [0.29, 0.717) is 13.0 Å². The second-order valence-electron chi connectivity index (χ2n) is 10.8. The molecule has 0 saturated heterocycles. The number of ether oxygens (including phenoxy) is 2. The van der Waals surface area contributed by atoms with Crippen LogP contribution in [-0.2, 0) is 30.3 Å². The summed E-state index contributed by atoms with van der Waals surface area (Å²) in [5.41, 5.74) is 7.63. The summed E-state index contributed by atoms with van der Waals surface area (Å²) in [6, 6.07) is 12.5. The van der Waals surface area contributed by atoms with Gasteiger partial charge in [0.1, 0.15) is 6.61 Å². The van der Waals surface area contributed by atoms with Crippen molar-refractivity contribution in [2.24, 2.45) is 0 Å². The van der Waals surface area contributed by atoms with E-state index in [1.54, 1.807) is 18.4 Å². The molecule has 3 aromatic rings. The van der Waals surface area contributed by atoms with Gasteiger partial charge in [-0.3, -0.25) is 4.79 Å². The molecule has 0 fully saturated rings. The fourth-order valence-electron chi connectivity index (χ4n) is 4.84. The number of fused-ring (bicyclic) bond motifs is 1. The molecule has 0 aliphatic heterocycles. The van der Waals surface area contributed by atoms with Gasteiger partial charge in [-0.15, -0.1) is 11.3 Å². The molecule has 1 amide bonds. The average Bonchev–Trinajstić information content (AvgIpc) is 3.44. The summed E-state index contributed by atoms with van der Waals surface area (Å²) in [5, 5.41) is 22.2. The zero-order valence-electron chi connectivity index (χ0n) is 25.2. The molecule has 234 valence electrons. The topological polar surface area (TPSA) is 138 Å². The van der Waals surface area contributed by atoms with Crippen molar-refractivity contribution in [2.75, 3.05) is 38.7 Å². The third-order valence-electron chi connectivity index (χ3n) is 7.24. The first-order chi connectivity index (χ1) is 20.7. The number of hydrogen-bond donors (Lipinski definition) is 3. The molecule has 2 aromatic carbocycles. The van der Waals surface area contributed by atoms with E-state index >= 15 is 0 Å². The molecule has 43 heavy (non-hydrogen) atoms. The number of likely N-dealkylation sites (N-methyl/N-ethyl adjacent to an activating group) is 1. The van der Waals surface area contributed by atoms with Crippen LogP contribution in [0.15, 0.2) is 41.9 Å². The van der Waals surface area contributed by atoms with Gasteiger partial charge >= 0.3 is 11.9 Å². The van der Waals surface area contributed by atoms with Crippen molar-refractivity contribution in [3.63, 3.8) is 0 Å². The van der Waals surface area contributed by atoms with E-state index < -0.39 is 36.7 Å². The molecular weight excluding hydrogens is 570 g/mol. The Hall–Kier alpha value is -3.54. The minimum atomic E-state index is -1.72. The largest absolute Gasteiger partial charge is 0.480 e. The van der Waals surface area contributed by atoms with Crippen LogP contribution in [0, 0.1) is 13.8 Å². The highest BCUT2D eigenvalue weighted by Gasteiger charge is 2.37. The number of nitrogens with one attached hydrogen (secondary N) is 1. The van der Waals surface area contributed by atoms with Crippen molar-refractivity contribution in [1.82, 2.24) is 9.88 Å². The first-order valence-electron chi connectivity index (χ1n) is 14.7. The minimum Gasteiger partial charge on any atom is -0.480 e. The molecule has 0 radical (unpaired) electrons. The van der Waals surface area contributed by atoms with E-state index in [2.05, 4.69) is 48.4 Å². The zero-order valence-corrected chi connectivity index (χ0v) is 26.0. The second kappa shape index (κ2) is 17.5. The molecule has 11 heteroatoms. The van der Waals surface area contributed by atoms with Crippen LogP contribution >= 0.6 is 11.3 Å². The number of nitrogens with zero attached hydrogens (tertiary/aromatic N) is 2. The number of rotatable bonds is 20. The first kappa shape index (κ1) is 34.0. The van der Waals surface area contributed by atoms with Crippen LogP contribution in [0.3, 0.4) is 0 Å². The lowest BCUT2D eigenvalue weighted by Crippen LogP contribution is -2.50. The summed E-state index contributed by atoms with van der Waals surface area (Å²) in [7, 11) is 1.60. The minimum absolute atomic E-state index is 0.163. The fourth-order valence-corrected chi connectivity index (χ4v) is 5.56. The number of aromatic nitrogens is 1. The highest BCUT2D eigenvalue weighted by Crippen LogP contribution is 2.22. The monoisotopic (exact) mass is 613 g/mol. The van der Waals surface area contributed by atoms with Crippen molar-refractivity contribution < 1.29 is 34.1 Å². The lowest BCUT2D eigenvalue weighted by atomic mass is 10.0. The number of amides is 1. The van der Waals surface area contributed by atoms with Gasteiger partial charge in [0.15, 0.2) is 12.2 Å². The molecule has 0 aliphatic carbocycles. The highest BCUT2D eigenvalue weighted by molar-refractivity contribution is 7.16. The quantitative estimate of drug-likeness (QED) is 0.145. The van der Waals surface area contributed by atoms with Gasteiger partial charge in [0.05, 0.1) is 15.7 Å². The van der Waals surface area contributed by atoms with E-state index in [0.717, 1.165) is 61.0 Å². The Morgan fingerprint density at radius 3 is 2.49 bits per heavy atom. The lowest BCUT2D eigenvalue weighted by molar-refractivity contribution is -0.175. The van der Waals surface area contributed by atoms with Crippen LogP contribution in [0.4, 0.5) is 5.69 Å². The molecule has 3 N–H and O–H groups in total. The van der Waals surface area contributed by atoms with E-state index in [-0.39, 0.29) is 6.61 Å². The molecule has 2 atom stereocenters. The maximum atomic E-state index is 13.3. The molecule has 0 spiro atoms. The predicted molar refractivity (Wildman–Crippen MR) is 168 cm³/mol. The Morgan fingerprint density at radius 2 is 1.74 bits per heavy atom. The number of unbranched alkanes of at least 4 members (excludes halogenated alkanes) is 4. The number of hydrogen-bond acceptors (Lipinski definition) is 8. The SMILES string of the molecule is Cc1ccc(CCCCCO[C@@H](C(=O)N(C)CCCCCNc2ccc3ncsc3c2)[C@@H](OCC(=O)O)C(=O)O)c(C)c1. The third kappa shape index (κ3) is 11.2. The molecule has 0 saturated carbocycles. The summed E-state index contributed by atoms with van der Waals surface area (Å²) < 4.78 is 12.0. The number of aliphatic carboxylic acids is 2. The van der Waals surface area contributed by atoms with E-state index in [4.69, 9.17) is 14.6 Å². The van der Waals surface area contributed by atoms with Crippen LogP contribution in [0.1, 0.15) is 55.2 Å². The van der Waals surface area contributed by atoms with Gasteiger partial charge in [0, 0.05) is 32.4 Å².